The summed E-state index contributed by atoms with van der Waals surface area (Å²) in [5, 5.41) is 3.33. The second-order valence-electron chi connectivity index (χ2n) is 5.42. The number of hydrogen-bond acceptors (Lipinski definition) is 5. The van der Waals surface area contributed by atoms with Gasteiger partial charge in [0.15, 0.2) is 0 Å². The fourth-order valence-electron chi connectivity index (χ4n) is 2.83. The van der Waals surface area contributed by atoms with Crippen LogP contribution in [0.4, 0.5) is 5.82 Å². The summed E-state index contributed by atoms with van der Waals surface area (Å²) in [6.07, 6.45) is 2.12. The molecule has 4 nitrogen and oxygen atoms in total. The van der Waals surface area contributed by atoms with E-state index in [9.17, 15) is 0 Å². The summed E-state index contributed by atoms with van der Waals surface area (Å²) in [6.45, 7) is 7.63. The summed E-state index contributed by atoms with van der Waals surface area (Å²) in [5.74, 6) is 2.10. The van der Waals surface area contributed by atoms with Crippen molar-refractivity contribution in [2.45, 2.75) is 32.7 Å². The van der Waals surface area contributed by atoms with E-state index in [2.05, 4.69) is 47.1 Å². The van der Waals surface area contributed by atoms with Crippen molar-refractivity contribution in [1.29, 1.82) is 0 Å². The van der Waals surface area contributed by atoms with Crippen LogP contribution in [0.1, 0.15) is 26.1 Å². The Morgan fingerprint density at radius 1 is 1.40 bits per heavy atom. The van der Waals surface area contributed by atoms with E-state index in [0.717, 1.165) is 42.5 Å². The van der Waals surface area contributed by atoms with Crippen LogP contribution in [0.2, 0.25) is 0 Å². The fourth-order valence-corrected chi connectivity index (χ4v) is 3.61. The lowest BCUT2D eigenvalue weighted by atomic mass is 10.2. The van der Waals surface area contributed by atoms with Crippen LogP contribution in [0.25, 0.3) is 10.2 Å². The van der Waals surface area contributed by atoms with Crippen LogP contribution in [0, 0.1) is 0 Å². The Kier molecular flexibility index (Phi) is 3.89. The zero-order chi connectivity index (χ0) is 14.1. The van der Waals surface area contributed by atoms with Gasteiger partial charge in [0.2, 0.25) is 0 Å². The minimum Gasteiger partial charge on any atom is -0.354 e. The largest absolute Gasteiger partial charge is 0.354 e. The highest BCUT2D eigenvalue weighted by atomic mass is 32.1. The SMILES string of the molecule is CCc1nc(N2CCC(N(C)CC)C2)c2ccsc2n1. The molecule has 0 bridgehead atoms. The smallest absolute Gasteiger partial charge is 0.141 e. The second kappa shape index (κ2) is 5.66. The zero-order valence-corrected chi connectivity index (χ0v) is 13.3. The minimum atomic E-state index is 0.647. The Morgan fingerprint density at radius 3 is 3.00 bits per heavy atom. The maximum absolute atomic E-state index is 4.80. The number of fused-ring (bicyclic) bond motifs is 1. The topological polar surface area (TPSA) is 32.3 Å². The van der Waals surface area contributed by atoms with Crippen LogP contribution in [0.5, 0.6) is 0 Å². The monoisotopic (exact) mass is 290 g/mol. The molecular weight excluding hydrogens is 268 g/mol. The molecule has 20 heavy (non-hydrogen) atoms. The van der Waals surface area contributed by atoms with Gasteiger partial charge in [-0.1, -0.05) is 13.8 Å². The van der Waals surface area contributed by atoms with E-state index in [4.69, 9.17) is 4.98 Å². The molecule has 2 aromatic heterocycles. The van der Waals surface area contributed by atoms with E-state index in [1.807, 2.05) is 0 Å². The van der Waals surface area contributed by atoms with Crippen molar-refractivity contribution in [3.05, 3.63) is 17.3 Å². The molecule has 0 radical (unpaired) electrons. The van der Waals surface area contributed by atoms with Gasteiger partial charge in [-0.2, -0.15) is 0 Å². The van der Waals surface area contributed by atoms with Gasteiger partial charge in [0.25, 0.3) is 0 Å². The van der Waals surface area contributed by atoms with Crippen LogP contribution in [0.15, 0.2) is 11.4 Å². The number of aryl methyl sites for hydroxylation is 1. The van der Waals surface area contributed by atoms with Gasteiger partial charge in [-0.05, 0) is 31.5 Å². The molecule has 0 amide bonds. The summed E-state index contributed by atoms with van der Waals surface area (Å²) in [4.78, 5) is 15.4. The van der Waals surface area contributed by atoms with E-state index >= 15 is 0 Å². The molecule has 108 valence electrons. The van der Waals surface area contributed by atoms with Crippen molar-refractivity contribution in [1.82, 2.24) is 14.9 Å². The van der Waals surface area contributed by atoms with Crippen LogP contribution >= 0.6 is 11.3 Å². The van der Waals surface area contributed by atoms with Gasteiger partial charge in [-0.25, -0.2) is 9.97 Å². The summed E-state index contributed by atoms with van der Waals surface area (Å²) >= 11 is 1.71. The van der Waals surface area contributed by atoms with E-state index in [1.54, 1.807) is 11.3 Å². The molecule has 0 N–H and O–H groups in total. The van der Waals surface area contributed by atoms with Gasteiger partial charge < -0.3 is 9.80 Å². The normalized spacial score (nSPS) is 19.4. The first-order chi connectivity index (χ1) is 9.72. The number of thiophene rings is 1. The van der Waals surface area contributed by atoms with E-state index < -0.39 is 0 Å². The third kappa shape index (κ3) is 2.40. The summed E-state index contributed by atoms with van der Waals surface area (Å²) in [5.41, 5.74) is 0. The predicted octanol–water partition coefficient (Wildman–Crippen LogP) is 2.78. The molecule has 1 atom stereocenters. The van der Waals surface area contributed by atoms with Gasteiger partial charge in [-0.15, -0.1) is 11.3 Å². The van der Waals surface area contributed by atoms with Gasteiger partial charge in [0.05, 0.1) is 5.39 Å². The number of hydrogen-bond donors (Lipinski definition) is 0. The molecule has 1 saturated heterocycles. The lowest BCUT2D eigenvalue weighted by molar-refractivity contribution is 0.272. The average molecular weight is 290 g/mol. The lowest BCUT2D eigenvalue weighted by Gasteiger charge is -2.24. The van der Waals surface area contributed by atoms with Gasteiger partial charge >= 0.3 is 0 Å². The third-order valence-electron chi connectivity index (χ3n) is 4.25. The Morgan fingerprint density at radius 2 is 2.25 bits per heavy atom. The minimum absolute atomic E-state index is 0.647. The highest BCUT2D eigenvalue weighted by molar-refractivity contribution is 7.16. The summed E-state index contributed by atoms with van der Waals surface area (Å²) in [6, 6.07) is 2.81. The molecule has 0 aromatic carbocycles. The molecule has 3 rings (SSSR count). The third-order valence-corrected chi connectivity index (χ3v) is 5.06. The summed E-state index contributed by atoms with van der Waals surface area (Å²) < 4.78 is 0. The number of likely N-dealkylation sites (N-methyl/N-ethyl adjacent to an activating group) is 1. The van der Waals surface area contributed by atoms with Crippen molar-refractivity contribution in [3.8, 4) is 0 Å². The average Bonchev–Trinajstić information content (AvgIpc) is 3.13. The van der Waals surface area contributed by atoms with Crippen molar-refractivity contribution < 1.29 is 0 Å². The second-order valence-corrected chi connectivity index (χ2v) is 6.31. The van der Waals surface area contributed by atoms with Gasteiger partial charge in [-0.3, -0.25) is 0 Å². The molecular formula is C15H22N4S. The molecule has 0 aliphatic carbocycles. The van der Waals surface area contributed by atoms with Crippen molar-refractivity contribution in [2.75, 3.05) is 31.6 Å². The Hall–Kier alpha value is -1.20. The van der Waals surface area contributed by atoms with Gasteiger partial charge in [0.1, 0.15) is 16.5 Å². The molecule has 0 saturated carbocycles. The first-order valence-corrected chi connectivity index (χ1v) is 8.30. The highest BCUT2D eigenvalue weighted by Crippen LogP contribution is 2.30. The number of anilines is 1. The number of nitrogens with zero attached hydrogens (tertiary/aromatic N) is 4. The highest BCUT2D eigenvalue weighted by Gasteiger charge is 2.27. The number of rotatable bonds is 4. The maximum Gasteiger partial charge on any atom is 0.141 e. The summed E-state index contributed by atoms with van der Waals surface area (Å²) in [7, 11) is 2.21. The first-order valence-electron chi connectivity index (χ1n) is 7.42. The molecule has 0 spiro atoms. The molecule has 1 unspecified atom stereocenters. The van der Waals surface area contributed by atoms with E-state index in [0.29, 0.717) is 6.04 Å². The molecule has 1 aliphatic heterocycles. The molecule has 5 heteroatoms. The Balaban J connectivity index is 1.92. The van der Waals surface area contributed by atoms with E-state index in [1.165, 1.54) is 11.8 Å². The zero-order valence-electron chi connectivity index (χ0n) is 12.5. The predicted molar refractivity (Wildman–Crippen MR) is 85.7 cm³/mol. The standard InChI is InChI=1S/C15H22N4S/c1-4-13-16-14(12-7-9-20-15(12)17-13)19-8-6-11(10-19)18(3)5-2/h7,9,11H,4-6,8,10H2,1-3H3. The maximum atomic E-state index is 4.80. The molecule has 3 heterocycles. The first kappa shape index (κ1) is 13.8. The van der Waals surface area contributed by atoms with E-state index in [-0.39, 0.29) is 0 Å². The van der Waals surface area contributed by atoms with Crippen molar-refractivity contribution in [2.24, 2.45) is 0 Å². The quantitative estimate of drug-likeness (QED) is 0.867. The molecule has 2 aromatic rings. The van der Waals surface area contributed by atoms with Gasteiger partial charge in [0, 0.05) is 25.6 Å². The molecule has 1 aliphatic rings. The Bertz CT molecular complexity index is 595. The fraction of sp³-hybridized carbons (Fsp3) is 0.600. The van der Waals surface area contributed by atoms with Crippen LogP contribution in [-0.4, -0.2) is 47.6 Å². The van der Waals surface area contributed by atoms with Crippen molar-refractivity contribution in [3.63, 3.8) is 0 Å². The van der Waals surface area contributed by atoms with Crippen LogP contribution in [-0.2, 0) is 6.42 Å². The van der Waals surface area contributed by atoms with Crippen molar-refractivity contribution >= 4 is 27.4 Å². The number of aromatic nitrogens is 2. The Labute approximate surface area is 124 Å². The van der Waals surface area contributed by atoms with Crippen LogP contribution in [0.3, 0.4) is 0 Å². The lowest BCUT2D eigenvalue weighted by Crippen LogP contribution is -2.34. The van der Waals surface area contributed by atoms with Crippen LogP contribution < -0.4 is 4.90 Å². The molecule has 1 fully saturated rings.